The van der Waals surface area contributed by atoms with Gasteiger partial charge in [-0.2, -0.15) is 0 Å². The summed E-state index contributed by atoms with van der Waals surface area (Å²) in [5, 5.41) is 0.708. The molecule has 96 valence electrons. The number of nitrogens with zero attached hydrogens (tertiary/aromatic N) is 2. The smallest absolute Gasteiger partial charge is 0.0678 e. The molecule has 1 atom stereocenters. The first kappa shape index (κ1) is 11.0. The predicted octanol–water partition coefficient (Wildman–Crippen LogP) is 1.51. The first-order valence-corrected chi connectivity index (χ1v) is 6.73. The van der Waals surface area contributed by atoms with Crippen molar-refractivity contribution in [2.75, 3.05) is 37.9 Å². The summed E-state index contributed by atoms with van der Waals surface area (Å²) in [4.78, 5) is 6.94. The Balaban J connectivity index is 1.81. The van der Waals surface area contributed by atoms with Gasteiger partial charge >= 0.3 is 0 Å². The minimum Gasteiger partial charge on any atom is -0.380 e. The second-order valence-electron chi connectivity index (χ2n) is 5.44. The monoisotopic (exact) mass is 266 g/mol. The SMILES string of the molecule is Clc1cnc2c(c1)N1CCOCC1C1(COC1)C2. The lowest BCUT2D eigenvalue weighted by molar-refractivity contribution is -0.146. The molecule has 0 bridgehead atoms. The van der Waals surface area contributed by atoms with Crippen molar-refractivity contribution in [2.24, 2.45) is 5.41 Å². The third kappa shape index (κ3) is 1.43. The molecule has 1 unspecified atom stereocenters. The minimum atomic E-state index is 0.203. The summed E-state index contributed by atoms with van der Waals surface area (Å²) in [5.74, 6) is 0. The van der Waals surface area contributed by atoms with Crippen LogP contribution >= 0.6 is 11.6 Å². The van der Waals surface area contributed by atoms with Gasteiger partial charge in [0.25, 0.3) is 0 Å². The van der Waals surface area contributed by atoms with Crippen molar-refractivity contribution in [1.82, 2.24) is 4.98 Å². The van der Waals surface area contributed by atoms with Crippen LogP contribution in [0.4, 0.5) is 5.69 Å². The number of morpholine rings is 1. The van der Waals surface area contributed by atoms with Crippen LogP contribution in [-0.4, -0.2) is 44.0 Å². The number of rotatable bonds is 0. The van der Waals surface area contributed by atoms with Gasteiger partial charge in [0.1, 0.15) is 0 Å². The summed E-state index contributed by atoms with van der Waals surface area (Å²) in [7, 11) is 0. The normalized spacial score (nSPS) is 28.5. The van der Waals surface area contributed by atoms with E-state index in [1.165, 1.54) is 5.69 Å². The lowest BCUT2D eigenvalue weighted by Crippen LogP contribution is -2.65. The lowest BCUT2D eigenvalue weighted by Gasteiger charge is -2.56. The van der Waals surface area contributed by atoms with Gasteiger partial charge in [-0.3, -0.25) is 4.98 Å². The molecule has 0 amide bonds. The van der Waals surface area contributed by atoms with Crippen molar-refractivity contribution in [3.63, 3.8) is 0 Å². The molecular weight excluding hydrogens is 252 g/mol. The highest BCUT2D eigenvalue weighted by atomic mass is 35.5. The van der Waals surface area contributed by atoms with E-state index in [1.54, 1.807) is 6.20 Å². The largest absolute Gasteiger partial charge is 0.380 e. The van der Waals surface area contributed by atoms with Crippen LogP contribution in [0.5, 0.6) is 0 Å². The fourth-order valence-electron chi connectivity index (χ4n) is 3.35. The highest BCUT2D eigenvalue weighted by Gasteiger charge is 2.52. The summed E-state index contributed by atoms with van der Waals surface area (Å²) in [5.41, 5.74) is 2.54. The second-order valence-corrected chi connectivity index (χ2v) is 5.87. The fraction of sp³-hybridized carbons (Fsp3) is 0.615. The molecule has 2 saturated heterocycles. The molecule has 0 radical (unpaired) electrons. The molecule has 0 aliphatic carbocycles. The van der Waals surface area contributed by atoms with E-state index < -0.39 is 0 Å². The van der Waals surface area contributed by atoms with E-state index in [0.717, 1.165) is 45.1 Å². The third-order valence-electron chi connectivity index (χ3n) is 4.36. The zero-order chi connectivity index (χ0) is 12.2. The molecule has 1 spiro atoms. The standard InChI is InChI=1S/C13H15ClN2O2/c14-9-3-11-10(15-5-9)4-13(7-18-8-13)12-6-17-2-1-16(11)12/h3,5,12H,1-2,4,6-8H2. The van der Waals surface area contributed by atoms with Crippen LogP contribution in [0, 0.1) is 5.41 Å². The van der Waals surface area contributed by atoms with Crippen molar-refractivity contribution in [3.05, 3.63) is 23.0 Å². The van der Waals surface area contributed by atoms with Crippen molar-refractivity contribution in [3.8, 4) is 0 Å². The first-order valence-electron chi connectivity index (χ1n) is 6.35. The van der Waals surface area contributed by atoms with E-state index >= 15 is 0 Å². The van der Waals surface area contributed by atoms with Crippen LogP contribution in [0.15, 0.2) is 12.3 Å². The van der Waals surface area contributed by atoms with Crippen LogP contribution in [0.3, 0.4) is 0 Å². The zero-order valence-corrected chi connectivity index (χ0v) is 10.8. The average Bonchev–Trinajstić information content (AvgIpc) is 2.36. The number of hydrogen-bond acceptors (Lipinski definition) is 4. The van der Waals surface area contributed by atoms with Crippen LogP contribution in [0.2, 0.25) is 5.02 Å². The molecule has 4 heterocycles. The molecule has 4 rings (SSSR count). The quantitative estimate of drug-likeness (QED) is 0.713. The van der Waals surface area contributed by atoms with Gasteiger partial charge in [-0.25, -0.2) is 0 Å². The fourth-order valence-corrected chi connectivity index (χ4v) is 3.50. The lowest BCUT2D eigenvalue weighted by atomic mass is 9.71. The Morgan fingerprint density at radius 2 is 2.28 bits per heavy atom. The number of hydrogen-bond donors (Lipinski definition) is 0. The summed E-state index contributed by atoms with van der Waals surface area (Å²) in [6.07, 6.45) is 2.72. The number of anilines is 1. The van der Waals surface area contributed by atoms with Crippen molar-refractivity contribution >= 4 is 17.3 Å². The summed E-state index contributed by atoms with van der Waals surface area (Å²) < 4.78 is 11.1. The second kappa shape index (κ2) is 3.83. The van der Waals surface area contributed by atoms with Gasteiger partial charge in [0.05, 0.1) is 48.9 Å². The molecular formula is C13H15ClN2O2. The van der Waals surface area contributed by atoms with Crippen molar-refractivity contribution in [1.29, 1.82) is 0 Å². The predicted molar refractivity (Wildman–Crippen MR) is 68.2 cm³/mol. The van der Waals surface area contributed by atoms with Gasteiger partial charge in [0, 0.05) is 24.6 Å². The van der Waals surface area contributed by atoms with E-state index in [-0.39, 0.29) is 5.41 Å². The average molecular weight is 267 g/mol. The zero-order valence-electron chi connectivity index (χ0n) is 10.1. The molecule has 1 aromatic heterocycles. The van der Waals surface area contributed by atoms with Gasteiger partial charge in [0.15, 0.2) is 0 Å². The van der Waals surface area contributed by atoms with E-state index in [1.807, 2.05) is 6.07 Å². The highest BCUT2D eigenvalue weighted by Crippen LogP contribution is 2.46. The van der Waals surface area contributed by atoms with Gasteiger partial charge in [0.2, 0.25) is 0 Å². The van der Waals surface area contributed by atoms with Gasteiger partial charge in [-0.05, 0) is 6.07 Å². The summed E-state index contributed by atoms with van der Waals surface area (Å²) >= 11 is 6.08. The molecule has 1 aromatic rings. The Morgan fingerprint density at radius 3 is 3.06 bits per heavy atom. The van der Waals surface area contributed by atoms with E-state index in [9.17, 15) is 0 Å². The molecule has 3 aliphatic rings. The maximum absolute atomic E-state index is 6.08. The van der Waals surface area contributed by atoms with Crippen LogP contribution in [0.1, 0.15) is 5.69 Å². The molecule has 0 saturated carbocycles. The number of ether oxygens (including phenoxy) is 2. The third-order valence-corrected chi connectivity index (χ3v) is 4.56. The van der Waals surface area contributed by atoms with Crippen LogP contribution < -0.4 is 4.90 Å². The summed E-state index contributed by atoms with van der Waals surface area (Å²) in [6.45, 7) is 4.12. The van der Waals surface area contributed by atoms with Crippen LogP contribution in [0.25, 0.3) is 0 Å². The molecule has 3 aliphatic heterocycles. The molecule has 4 nitrogen and oxygen atoms in total. The van der Waals surface area contributed by atoms with Crippen LogP contribution in [-0.2, 0) is 15.9 Å². The maximum Gasteiger partial charge on any atom is 0.0678 e. The van der Waals surface area contributed by atoms with Gasteiger partial charge in [-0.1, -0.05) is 11.6 Å². The highest BCUT2D eigenvalue weighted by molar-refractivity contribution is 6.30. The first-order chi connectivity index (χ1) is 8.78. The Kier molecular flexibility index (Phi) is 2.34. The molecule has 0 aromatic carbocycles. The Bertz CT molecular complexity index is 490. The van der Waals surface area contributed by atoms with Gasteiger partial charge < -0.3 is 14.4 Å². The number of fused-ring (bicyclic) bond motifs is 4. The summed E-state index contributed by atoms with van der Waals surface area (Å²) in [6, 6.07) is 2.45. The molecule has 18 heavy (non-hydrogen) atoms. The number of aromatic nitrogens is 1. The van der Waals surface area contributed by atoms with Gasteiger partial charge in [-0.15, -0.1) is 0 Å². The molecule has 5 heteroatoms. The van der Waals surface area contributed by atoms with Crippen molar-refractivity contribution < 1.29 is 9.47 Å². The number of pyridine rings is 1. The Hall–Kier alpha value is -0.840. The molecule has 2 fully saturated rings. The maximum atomic E-state index is 6.08. The van der Waals surface area contributed by atoms with Crippen molar-refractivity contribution in [2.45, 2.75) is 12.5 Å². The Morgan fingerprint density at radius 1 is 1.39 bits per heavy atom. The van der Waals surface area contributed by atoms with E-state index in [0.29, 0.717) is 11.1 Å². The topological polar surface area (TPSA) is 34.6 Å². The van der Waals surface area contributed by atoms with E-state index in [4.69, 9.17) is 21.1 Å². The minimum absolute atomic E-state index is 0.203. The number of halogens is 1. The van der Waals surface area contributed by atoms with E-state index in [2.05, 4.69) is 9.88 Å². The Labute approximate surface area is 111 Å². The molecule has 0 N–H and O–H groups in total.